The van der Waals surface area contributed by atoms with Crippen LogP contribution < -0.4 is 10.9 Å². The molecule has 1 aromatic rings. The molecule has 1 fully saturated rings. The Balaban J connectivity index is 1.57. The number of hydrogen-bond donors (Lipinski definition) is 3. The van der Waals surface area contributed by atoms with Crippen LogP contribution in [0.15, 0.2) is 18.2 Å². The van der Waals surface area contributed by atoms with Crippen LogP contribution in [-0.2, 0) is 17.6 Å². The Kier molecular flexibility index (Phi) is 4.67. The van der Waals surface area contributed by atoms with Gasteiger partial charge in [0.05, 0.1) is 17.7 Å². The molecule has 120 valence electrons. The van der Waals surface area contributed by atoms with Crippen molar-refractivity contribution in [2.45, 2.75) is 69.8 Å². The number of aliphatic hydroxyl groups is 1. The first-order valence-electron chi connectivity index (χ1n) is 8.54. The van der Waals surface area contributed by atoms with Gasteiger partial charge in [0.15, 0.2) is 0 Å². The van der Waals surface area contributed by atoms with E-state index in [4.69, 9.17) is 0 Å². The lowest BCUT2D eigenvalue weighted by Crippen LogP contribution is -2.40. The number of aryl methyl sites for hydroxylation is 1. The number of amides is 1. The minimum atomic E-state index is -0.805. The van der Waals surface area contributed by atoms with Gasteiger partial charge in [0, 0.05) is 0 Å². The van der Waals surface area contributed by atoms with Gasteiger partial charge >= 0.3 is 0 Å². The zero-order chi connectivity index (χ0) is 15.4. The van der Waals surface area contributed by atoms with Crippen molar-refractivity contribution in [1.82, 2.24) is 5.43 Å². The van der Waals surface area contributed by atoms with Crippen LogP contribution in [-0.4, -0.2) is 16.6 Å². The maximum absolute atomic E-state index is 12.1. The molecule has 4 heteroatoms. The van der Waals surface area contributed by atoms with Crippen LogP contribution in [0.3, 0.4) is 0 Å². The highest BCUT2D eigenvalue weighted by Crippen LogP contribution is 2.31. The van der Waals surface area contributed by atoms with E-state index in [2.05, 4.69) is 16.9 Å². The molecule has 0 spiro atoms. The van der Waals surface area contributed by atoms with Gasteiger partial charge in [0.2, 0.25) is 5.91 Å². The van der Waals surface area contributed by atoms with Crippen LogP contribution in [0.25, 0.3) is 0 Å². The van der Waals surface area contributed by atoms with Crippen molar-refractivity contribution in [3.05, 3.63) is 29.3 Å². The van der Waals surface area contributed by atoms with Gasteiger partial charge < -0.3 is 5.11 Å². The molecular weight excluding hydrogens is 276 g/mol. The van der Waals surface area contributed by atoms with Crippen LogP contribution in [0.5, 0.6) is 0 Å². The van der Waals surface area contributed by atoms with Gasteiger partial charge in [0.1, 0.15) is 0 Å². The average molecular weight is 302 g/mol. The minimum Gasteiger partial charge on any atom is -0.389 e. The van der Waals surface area contributed by atoms with E-state index in [1.807, 2.05) is 12.1 Å². The summed E-state index contributed by atoms with van der Waals surface area (Å²) in [6.45, 7) is 0. The fourth-order valence-electron chi connectivity index (χ4n) is 3.77. The summed E-state index contributed by atoms with van der Waals surface area (Å²) in [6.07, 6.45) is 9.51. The lowest BCUT2D eigenvalue weighted by molar-refractivity contribution is -0.126. The van der Waals surface area contributed by atoms with Gasteiger partial charge in [-0.3, -0.25) is 15.6 Å². The van der Waals surface area contributed by atoms with Gasteiger partial charge in [0.25, 0.3) is 0 Å². The number of rotatable bonds is 4. The minimum absolute atomic E-state index is 0.127. The number of anilines is 1. The summed E-state index contributed by atoms with van der Waals surface area (Å²) in [5.74, 6) is -0.127. The van der Waals surface area contributed by atoms with Crippen molar-refractivity contribution < 1.29 is 9.90 Å². The maximum atomic E-state index is 12.1. The first-order chi connectivity index (χ1) is 10.7. The number of carbonyl (C=O) groups is 1. The molecule has 1 amide bonds. The Labute approximate surface area is 132 Å². The molecule has 0 saturated heterocycles. The summed E-state index contributed by atoms with van der Waals surface area (Å²) in [5.41, 5.74) is 8.75. The third kappa shape index (κ3) is 3.61. The van der Waals surface area contributed by atoms with Crippen molar-refractivity contribution in [2.75, 3.05) is 5.43 Å². The second-order valence-corrected chi connectivity index (χ2v) is 6.79. The van der Waals surface area contributed by atoms with E-state index in [-0.39, 0.29) is 12.3 Å². The molecule has 4 nitrogen and oxygen atoms in total. The predicted octanol–water partition coefficient (Wildman–Crippen LogP) is 3.09. The van der Waals surface area contributed by atoms with E-state index in [1.54, 1.807) is 0 Å². The van der Waals surface area contributed by atoms with E-state index >= 15 is 0 Å². The predicted molar refractivity (Wildman–Crippen MR) is 87.5 cm³/mol. The molecule has 0 unspecified atom stereocenters. The summed E-state index contributed by atoms with van der Waals surface area (Å²) in [7, 11) is 0. The largest absolute Gasteiger partial charge is 0.389 e. The Morgan fingerprint density at radius 2 is 1.86 bits per heavy atom. The van der Waals surface area contributed by atoms with E-state index in [9.17, 15) is 9.90 Å². The van der Waals surface area contributed by atoms with E-state index in [0.29, 0.717) is 0 Å². The molecule has 3 N–H and O–H groups in total. The number of hydrogen-bond acceptors (Lipinski definition) is 3. The molecule has 0 aliphatic heterocycles. The molecule has 2 aliphatic rings. The Hall–Kier alpha value is -1.55. The SMILES string of the molecule is O=C(CC1(O)CCCCC1)NNc1cccc2c1CCCC2. The zero-order valence-electron chi connectivity index (χ0n) is 13.2. The van der Waals surface area contributed by atoms with Crippen molar-refractivity contribution >= 4 is 11.6 Å². The molecular formula is C18H26N2O2. The molecule has 0 radical (unpaired) electrons. The van der Waals surface area contributed by atoms with Crippen LogP contribution in [0.2, 0.25) is 0 Å². The van der Waals surface area contributed by atoms with Crippen LogP contribution in [0, 0.1) is 0 Å². The monoisotopic (exact) mass is 302 g/mol. The quantitative estimate of drug-likeness (QED) is 0.749. The highest BCUT2D eigenvalue weighted by molar-refractivity contribution is 5.78. The highest BCUT2D eigenvalue weighted by atomic mass is 16.3. The van der Waals surface area contributed by atoms with Gasteiger partial charge in [-0.25, -0.2) is 0 Å². The number of hydrazine groups is 1. The molecule has 0 aromatic heterocycles. The number of carbonyl (C=O) groups excluding carboxylic acids is 1. The molecule has 22 heavy (non-hydrogen) atoms. The lowest BCUT2D eigenvalue weighted by atomic mass is 9.82. The van der Waals surface area contributed by atoms with E-state index in [1.165, 1.54) is 30.4 Å². The molecule has 1 aromatic carbocycles. The fraction of sp³-hybridized carbons (Fsp3) is 0.611. The summed E-state index contributed by atoms with van der Waals surface area (Å²) in [6, 6.07) is 6.22. The molecule has 0 heterocycles. The molecule has 0 atom stereocenters. The highest BCUT2D eigenvalue weighted by Gasteiger charge is 2.31. The van der Waals surface area contributed by atoms with E-state index in [0.717, 1.165) is 44.2 Å². The summed E-state index contributed by atoms with van der Waals surface area (Å²) in [4.78, 5) is 12.1. The normalized spacial score (nSPS) is 20.0. The molecule has 0 bridgehead atoms. The van der Waals surface area contributed by atoms with Gasteiger partial charge in [-0.2, -0.15) is 0 Å². The number of fused-ring (bicyclic) bond motifs is 1. The molecule has 3 rings (SSSR count). The maximum Gasteiger partial charge on any atom is 0.241 e. The average Bonchev–Trinajstić information content (AvgIpc) is 2.53. The Bertz CT molecular complexity index is 536. The van der Waals surface area contributed by atoms with E-state index < -0.39 is 5.60 Å². The number of nitrogens with one attached hydrogen (secondary N) is 2. The molecule has 1 saturated carbocycles. The third-order valence-corrected chi connectivity index (χ3v) is 5.01. The topological polar surface area (TPSA) is 61.4 Å². The first kappa shape index (κ1) is 15.3. The smallest absolute Gasteiger partial charge is 0.241 e. The van der Waals surface area contributed by atoms with Crippen LogP contribution in [0.1, 0.15) is 62.5 Å². The summed E-state index contributed by atoms with van der Waals surface area (Å²) in [5, 5.41) is 10.4. The first-order valence-corrected chi connectivity index (χ1v) is 8.54. The second kappa shape index (κ2) is 6.69. The van der Waals surface area contributed by atoms with Crippen molar-refractivity contribution in [1.29, 1.82) is 0 Å². The van der Waals surface area contributed by atoms with Gasteiger partial charge in [-0.1, -0.05) is 31.4 Å². The van der Waals surface area contributed by atoms with Crippen molar-refractivity contribution in [3.8, 4) is 0 Å². The zero-order valence-corrected chi connectivity index (χ0v) is 13.2. The molecule has 2 aliphatic carbocycles. The van der Waals surface area contributed by atoms with Gasteiger partial charge in [-0.05, 0) is 55.7 Å². The third-order valence-electron chi connectivity index (χ3n) is 5.01. The second-order valence-electron chi connectivity index (χ2n) is 6.79. The Morgan fingerprint density at radius 3 is 2.68 bits per heavy atom. The van der Waals surface area contributed by atoms with Crippen LogP contribution >= 0.6 is 0 Å². The van der Waals surface area contributed by atoms with Crippen molar-refractivity contribution in [3.63, 3.8) is 0 Å². The summed E-state index contributed by atoms with van der Waals surface area (Å²) >= 11 is 0. The van der Waals surface area contributed by atoms with Gasteiger partial charge in [-0.15, -0.1) is 0 Å². The standard InChI is InChI=1S/C18H26N2O2/c21-17(13-18(22)11-4-1-5-12-18)20-19-16-10-6-8-14-7-2-3-9-15(14)16/h6,8,10,19,22H,1-5,7,9,11-13H2,(H,20,21). The Morgan fingerprint density at radius 1 is 1.09 bits per heavy atom. The fourth-order valence-corrected chi connectivity index (χ4v) is 3.77. The van der Waals surface area contributed by atoms with Crippen LogP contribution in [0.4, 0.5) is 5.69 Å². The number of benzene rings is 1. The summed E-state index contributed by atoms with van der Waals surface area (Å²) < 4.78 is 0. The lowest BCUT2D eigenvalue weighted by Gasteiger charge is -2.31. The van der Waals surface area contributed by atoms with Crippen molar-refractivity contribution in [2.24, 2.45) is 0 Å².